The van der Waals surface area contributed by atoms with Gasteiger partial charge < -0.3 is 15.2 Å². The lowest BCUT2D eigenvalue weighted by molar-refractivity contribution is -0.147. The fourth-order valence-electron chi connectivity index (χ4n) is 2.77. The highest BCUT2D eigenvalue weighted by molar-refractivity contribution is 7.99. The van der Waals surface area contributed by atoms with Gasteiger partial charge in [0.15, 0.2) is 6.10 Å². The molecule has 2 atom stereocenters. The number of hydrogen-bond acceptors (Lipinski definition) is 4. The molecule has 2 N–H and O–H groups in total. The predicted octanol–water partition coefficient (Wildman–Crippen LogP) is 2.68. The molecule has 2 aromatic rings. The molecule has 6 heteroatoms. The second-order valence-corrected chi connectivity index (χ2v) is 7.02. The number of benzene rings is 2. The molecule has 0 saturated carbocycles. The number of amides is 1. The van der Waals surface area contributed by atoms with Crippen LogP contribution in [-0.2, 0) is 9.59 Å². The predicted molar refractivity (Wildman–Crippen MR) is 94.5 cm³/mol. The highest BCUT2D eigenvalue weighted by Gasteiger charge is 2.44. The standard InChI is InChI=1S/C18H19NO4S/c1-12(16(20)19-18(17(21)22)9-10-24-11-18)23-15-8-4-6-13-5-2-3-7-14(13)15/h2-8,12H,9-11H2,1H3,(H,19,20)(H,21,22). The number of rotatable bonds is 5. The second-order valence-electron chi connectivity index (χ2n) is 5.92. The minimum Gasteiger partial charge on any atom is -0.480 e. The van der Waals surface area contributed by atoms with Crippen LogP contribution in [0.15, 0.2) is 42.5 Å². The molecular formula is C18H19NO4S. The molecule has 0 bridgehead atoms. The number of carbonyl (C=O) groups is 2. The number of fused-ring (bicyclic) bond motifs is 1. The summed E-state index contributed by atoms with van der Waals surface area (Å²) in [6, 6.07) is 13.4. The topological polar surface area (TPSA) is 75.6 Å². The van der Waals surface area contributed by atoms with Gasteiger partial charge >= 0.3 is 5.97 Å². The Bertz CT molecular complexity index is 765. The van der Waals surface area contributed by atoms with Crippen molar-refractivity contribution in [2.24, 2.45) is 0 Å². The lowest BCUT2D eigenvalue weighted by atomic mass is 9.99. The third-order valence-corrected chi connectivity index (χ3v) is 5.41. The van der Waals surface area contributed by atoms with Crippen molar-refractivity contribution in [1.82, 2.24) is 5.32 Å². The lowest BCUT2D eigenvalue weighted by Gasteiger charge is -2.26. The molecule has 3 rings (SSSR count). The van der Waals surface area contributed by atoms with Crippen LogP contribution >= 0.6 is 11.8 Å². The molecule has 0 spiro atoms. The molecule has 5 nitrogen and oxygen atoms in total. The van der Waals surface area contributed by atoms with Crippen LogP contribution < -0.4 is 10.1 Å². The third-order valence-electron chi connectivity index (χ3n) is 4.22. The van der Waals surface area contributed by atoms with Crippen molar-refractivity contribution >= 4 is 34.4 Å². The van der Waals surface area contributed by atoms with Gasteiger partial charge in [0, 0.05) is 11.1 Å². The van der Waals surface area contributed by atoms with Crippen LogP contribution in [0.3, 0.4) is 0 Å². The highest BCUT2D eigenvalue weighted by Crippen LogP contribution is 2.29. The Hall–Kier alpha value is -2.21. The summed E-state index contributed by atoms with van der Waals surface area (Å²) in [7, 11) is 0. The first kappa shape index (κ1) is 16.6. The first-order valence-electron chi connectivity index (χ1n) is 7.79. The van der Waals surface area contributed by atoms with E-state index >= 15 is 0 Å². The maximum Gasteiger partial charge on any atom is 0.330 e. The summed E-state index contributed by atoms with van der Waals surface area (Å²) < 4.78 is 5.81. The number of carboxylic acids is 1. The Morgan fingerprint density at radius 2 is 2.00 bits per heavy atom. The Balaban J connectivity index is 1.75. The normalized spacial score (nSPS) is 21.4. The zero-order valence-corrected chi connectivity index (χ0v) is 14.1. The molecule has 2 aromatic carbocycles. The van der Waals surface area contributed by atoms with E-state index in [1.165, 1.54) is 11.8 Å². The molecule has 0 radical (unpaired) electrons. The average Bonchev–Trinajstić information content (AvgIpc) is 3.05. The van der Waals surface area contributed by atoms with Gasteiger partial charge in [-0.2, -0.15) is 11.8 Å². The molecule has 1 saturated heterocycles. The maximum atomic E-state index is 12.4. The number of hydrogen-bond donors (Lipinski definition) is 2. The van der Waals surface area contributed by atoms with Crippen molar-refractivity contribution < 1.29 is 19.4 Å². The van der Waals surface area contributed by atoms with Crippen molar-refractivity contribution in [3.05, 3.63) is 42.5 Å². The summed E-state index contributed by atoms with van der Waals surface area (Å²) in [4.78, 5) is 24.0. The molecular weight excluding hydrogens is 326 g/mol. The van der Waals surface area contributed by atoms with E-state index in [0.29, 0.717) is 17.9 Å². The summed E-state index contributed by atoms with van der Waals surface area (Å²) in [5.41, 5.74) is -1.18. The van der Waals surface area contributed by atoms with E-state index in [0.717, 1.165) is 16.5 Å². The fraction of sp³-hybridized carbons (Fsp3) is 0.333. The van der Waals surface area contributed by atoms with Gasteiger partial charge in [-0.05, 0) is 30.6 Å². The largest absolute Gasteiger partial charge is 0.480 e. The highest BCUT2D eigenvalue weighted by atomic mass is 32.2. The van der Waals surface area contributed by atoms with Gasteiger partial charge in [0.05, 0.1) is 0 Å². The monoisotopic (exact) mass is 345 g/mol. The molecule has 1 fully saturated rings. The first-order chi connectivity index (χ1) is 11.5. The van der Waals surface area contributed by atoms with Crippen molar-refractivity contribution in [3.63, 3.8) is 0 Å². The van der Waals surface area contributed by atoms with Crippen molar-refractivity contribution in [1.29, 1.82) is 0 Å². The van der Waals surface area contributed by atoms with Crippen LogP contribution in [0.2, 0.25) is 0 Å². The molecule has 1 aliphatic heterocycles. The van der Waals surface area contributed by atoms with E-state index in [9.17, 15) is 14.7 Å². The quantitative estimate of drug-likeness (QED) is 0.871. The molecule has 126 valence electrons. The van der Waals surface area contributed by atoms with E-state index in [1.54, 1.807) is 6.92 Å². The summed E-state index contributed by atoms with van der Waals surface area (Å²) >= 11 is 1.53. The smallest absolute Gasteiger partial charge is 0.330 e. The number of carbonyl (C=O) groups excluding carboxylic acids is 1. The van der Waals surface area contributed by atoms with Crippen LogP contribution in [0.1, 0.15) is 13.3 Å². The van der Waals surface area contributed by atoms with E-state index in [4.69, 9.17) is 4.74 Å². The lowest BCUT2D eigenvalue weighted by Crippen LogP contribution is -2.57. The second kappa shape index (κ2) is 6.73. The van der Waals surface area contributed by atoms with E-state index in [1.807, 2.05) is 42.5 Å². The van der Waals surface area contributed by atoms with Gasteiger partial charge in [-0.3, -0.25) is 4.79 Å². The summed E-state index contributed by atoms with van der Waals surface area (Å²) in [5, 5.41) is 14.1. The van der Waals surface area contributed by atoms with Crippen molar-refractivity contribution in [2.75, 3.05) is 11.5 Å². The number of nitrogens with one attached hydrogen (secondary N) is 1. The Labute approximate surface area is 144 Å². The summed E-state index contributed by atoms with van der Waals surface area (Å²) in [6.07, 6.45) is -0.350. The summed E-state index contributed by atoms with van der Waals surface area (Å²) in [5.74, 6) is 0.326. The molecule has 2 unspecified atom stereocenters. The number of aliphatic carboxylic acids is 1. The first-order valence-corrected chi connectivity index (χ1v) is 8.95. The maximum absolute atomic E-state index is 12.4. The van der Waals surface area contributed by atoms with Crippen LogP contribution in [0.5, 0.6) is 5.75 Å². The third kappa shape index (κ3) is 3.19. The van der Waals surface area contributed by atoms with Crippen molar-refractivity contribution in [2.45, 2.75) is 25.0 Å². The molecule has 24 heavy (non-hydrogen) atoms. The molecule has 0 aliphatic carbocycles. The van der Waals surface area contributed by atoms with E-state index in [2.05, 4.69) is 5.32 Å². The summed E-state index contributed by atoms with van der Waals surface area (Å²) in [6.45, 7) is 1.63. The SMILES string of the molecule is CC(Oc1cccc2ccccc12)C(=O)NC1(C(=O)O)CCSC1. The van der Waals surface area contributed by atoms with Crippen LogP contribution in [-0.4, -0.2) is 40.1 Å². The average molecular weight is 345 g/mol. The fourth-order valence-corrected chi connectivity index (χ4v) is 4.09. The zero-order valence-electron chi connectivity index (χ0n) is 13.3. The van der Waals surface area contributed by atoms with Gasteiger partial charge in [-0.25, -0.2) is 4.79 Å². The van der Waals surface area contributed by atoms with Crippen molar-refractivity contribution in [3.8, 4) is 5.75 Å². The van der Waals surface area contributed by atoms with Crippen LogP contribution in [0.25, 0.3) is 10.8 Å². The number of carboxylic acid groups (broad SMARTS) is 1. The van der Waals surface area contributed by atoms with Crippen LogP contribution in [0, 0.1) is 0 Å². The minimum atomic E-state index is -1.18. The van der Waals surface area contributed by atoms with Crippen LogP contribution in [0.4, 0.5) is 0 Å². The molecule has 0 aromatic heterocycles. The number of ether oxygens (including phenoxy) is 1. The minimum absolute atomic E-state index is 0.384. The number of thioether (sulfide) groups is 1. The Morgan fingerprint density at radius 1 is 1.25 bits per heavy atom. The molecule has 1 heterocycles. The van der Waals surface area contributed by atoms with Gasteiger partial charge in [-0.15, -0.1) is 0 Å². The van der Waals surface area contributed by atoms with Gasteiger partial charge in [-0.1, -0.05) is 36.4 Å². The Morgan fingerprint density at radius 3 is 2.71 bits per heavy atom. The van der Waals surface area contributed by atoms with Gasteiger partial charge in [0.1, 0.15) is 11.3 Å². The van der Waals surface area contributed by atoms with Gasteiger partial charge in [0.2, 0.25) is 0 Å². The zero-order chi connectivity index (χ0) is 17.2. The van der Waals surface area contributed by atoms with E-state index < -0.39 is 23.5 Å². The molecule has 1 aliphatic rings. The Kier molecular flexibility index (Phi) is 4.66. The van der Waals surface area contributed by atoms with Gasteiger partial charge in [0.25, 0.3) is 5.91 Å². The van der Waals surface area contributed by atoms with E-state index in [-0.39, 0.29) is 0 Å². The molecule has 1 amide bonds.